The van der Waals surface area contributed by atoms with Gasteiger partial charge >= 0.3 is 0 Å². The van der Waals surface area contributed by atoms with E-state index in [9.17, 15) is 4.39 Å². The molecule has 0 bridgehead atoms. The zero-order chi connectivity index (χ0) is 8.43. The van der Waals surface area contributed by atoms with Gasteiger partial charge in [0.2, 0.25) is 0 Å². The van der Waals surface area contributed by atoms with Crippen LogP contribution in [-0.2, 0) is 6.42 Å². The lowest BCUT2D eigenvalue weighted by Gasteiger charge is -2.02. The molecule has 60 valence electrons. The molecule has 11 heavy (non-hydrogen) atoms. The van der Waals surface area contributed by atoms with Gasteiger partial charge in [-0.15, -0.1) is 0 Å². The van der Waals surface area contributed by atoms with Gasteiger partial charge in [0, 0.05) is 0 Å². The molecule has 0 aliphatic rings. The maximum Gasteiger partial charge on any atom is 0.125 e. The lowest BCUT2D eigenvalue weighted by atomic mass is 10.2. The molecule has 0 aliphatic carbocycles. The number of hydrogen-bond acceptors (Lipinski definition) is 0. The molecule has 0 atom stereocenters. The number of aryl methyl sites for hydroxylation is 1. The Balaban J connectivity index is 3.24. The first kappa shape index (κ1) is 8.82. The van der Waals surface area contributed by atoms with E-state index in [1.165, 1.54) is 12.1 Å². The van der Waals surface area contributed by atoms with Crippen LogP contribution >= 0.6 is 23.2 Å². The molecule has 0 nitrogen and oxygen atoms in total. The van der Waals surface area contributed by atoms with Crippen molar-refractivity contribution in [2.75, 3.05) is 0 Å². The van der Waals surface area contributed by atoms with Gasteiger partial charge in [-0.1, -0.05) is 30.1 Å². The van der Waals surface area contributed by atoms with Gasteiger partial charge in [0.1, 0.15) is 5.82 Å². The number of rotatable bonds is 1. The van der Waals surface area contributed by atoms with E-state index in [4.69, 9.17) is 23.2 Å². The zero-order valence-electron chi connectivity index (χ0n) is 6.00. The second-order valence-corrected chi connectivity index (χ2v) is 3.00. The SMILES string of the molecule is CCc1cc(F)cc(Cl)c1Cl. The van der Waals surface area contributed by atoms with Crippen molar-refractivity contribution in [3.05, 3.63) is 33.6 Å². The molecule has 0 unspecified atom stereocenters. The van der Waals surface area contributed by atoms with Crippen molar-refractivity contribution in [1.29, 1.82) is 0 Å². The monoisotopic (exact) mass is 192 g/mol. The normalized spacial score (nSPS) is 10.2. The van der Waals surface area contributed by atoms with Crippen LogP contribution in [-0.4, -0.2) is 0 Å². The van der Waals surface area contributed by atoms with Crippen molar-refractivity contribution in [2.45, 2.75) is 13.3 Å². The predicted octanol–water partition coefficient (Wildman–Crippen LogP) is 3.69. The minimum Gasteiger partial charge on any atom is -0.207 e. The maximum absolute atomic E-state index is 12.7. The summed E-state index contributed by atoms with van der Waals surface area (Å²) in [6.07, 6.45) is 0.691. The van der Waals surface area contributed by atoms with E-state index < -0.39 is 0 Å². The number of halogens is 3. The molecule has 0 aliphatic heterocycles. The molecule has 0 N–H and O–H groups in total. The molecule has 1 aromatic rings. The first-order valence-corrected chi connectivity index (χ1v) is 4.04. The van der Waals surface area contributed by atoms with Gasteiger partial charge in [-0.3, -0.25) is 0 Å². The van der Waals surface area contributed by atoms with Crippen LogP contribution in [0.15, 0.2) is 12.1 Å². The van der Waals surface area contributed by atoms with Crippen LogP contribution in [0.25, 0.3) is 0 Å². The quantitative estimate of drug-likeness (QED) is 0.596. The van der Waals surface area contributed by atoms with E-state index in [0.717, 1.165) is 5.56 Å². The van der Waals surface area contributed by atoms with E-state index in [1.807, 2.05) is 6.92 Å². The van der Waals surface area contributed by atoms with Crippen LogP contribution in [0.2, 0.25) is 10.0 Å². The molecule has 0 fully saturated rings. The van der Waals surface area contributed by atoms with Gasteiger partial charge in [-0.25, -0.2) is 4.39 Å². The van der Waals surface area contributed by atoms with Gasteiger partial charge in [-0.05, 0) is 24.1 Å². The average Bonchev–Trinajstić information content (AvgIpc) is 1.96. The summed E-state index contributed by atoms with van der Waals surface area (Å²) in [7, 11) is 0. The largest absolute Gasteiger partial charge is 0.207 e. The van der Waals surface area contributed by atoms with E-state index >= 15 is 0 Å². The molecule has 1 aromatic carbocycles. The Morgan fingerprint density at radius 3 is 2.55 bits per heavy atom. The molecule has 1 rings (SSSR count). The summed E-state index contributed by atoms with van der Waals surface area (Å²) in [4.78, 5) is 0. The molecule has 0 saturated carbocycles. The Kier molecular flexibility index (Phi) is 2.74. The summed E-state index contributed by atoms with van der Waals surface area (Å²) in [5.74, 6) is -0.337. The Morgan fingerprint density at radius 2 is 2.00 bits per heavy atom. The number of benzene rings is 1. The first-order valence-electron chi connectivity index (χ1n) is 3.28. The Bertz CT molecular complexity index is 271. The molecule has 0 amide bonds. The predicted molar refractivity (Wildman–Crippen MR) is 45.8 cm³/mol. The fourth-order valence-electron chi connectivity index (χ4n) is 0.867. The van der Waals surface area contributed by atoms with Crippen molar-refractivity contribution in [2.24, 2.45) is 0 Å². The van der Waals surface area contributed by atoms with Crippen LogP contribution < -0.4 is 0 Å². The summed E-state index contributed by atoms with van der Waals surface area (Å²) >= 11 is 11.4. The third kappa shape index (κ3) is 1.85. The highest BCUT2D eigenvalue weighted by atomic mass is 35.5. The Morgan fingerprint density at radius 1 is 1.36 bits per heavy atom. The Labute approximate surface area is 74.9 Å². The second kappa shape index (κ2) is 3.42. The molecule has 0 spiro atoms. The van der Waals surface area contributed by atoms with Gasteiger partial charge in [0.15, 0.2) is 0 Å². The molecule has 3 heteroatoms. The van der Waals surface area contributed by atoms with Crippen LogP contribution in [0.5, 0.6) is 0 Å². The highest BCUT2D eigenvalue weighted by Crippen LogP contribution is 2.27. The smallest absolute Gasteiger partial charge is 0.125 e. The van der Waals surface area contributed by atoms with Gasteiger partial charge in [-0.2, -0.15) is 0 Å². The van der Waals surface area contributed by atoms with E-state index in [2.05, 4.69) is 0 Å². The minimum atomic E-state index is -0.337. The molecule has 0 saturated heterocycles. The lowest BCUT2D eigenvalue weighted by Crippen LogP contribution is -1.85. The lowest BCUT2D eigenvalue weighted by molar-refractivity contribution is 0.626. The van der Waals surface area contributed by atoms with E-state index in [0.29, 0.717) is 11.4 Å². The molecular weight excluding hydrogens is 186 g/mol. The topological polar surface area (TPSA) is 0 Å². The third-order valence-electron chi connectivity index (χ3n) is 1.45. The molecule has 0 aromatic heterocycles. The van der Waals surface area contributed by atoms with Crippen molar-refractivity contribution in [3.8, 4) is 0 Å². The molecule has 0 heterocycles. The summed E-state index contributed by atoms with van der Waals surface area (Å²) < 4.78 is 12.7. The van der Waals surface area contributed by atoms with Crippen molar-refractivity contribution in [1.82, 2.24) is 0 Å². The summed E-state index contributed by atoms with van der Waals surface area (Å²) in [5, 5.41) is 0.735. The van der Waals surface area contributed by atoms with Crippen molar-refractivity contribution in [3.63, 3.8) is 0 Å². The Hall–Kier alpha value is -0.270. The zero-order valence-corrected chi connectivity index (χ0v) is 7.51. The van der Waals surface area contributed by atoms with Crippen LogP contribution in [0, 0.1) is 5.82 Å². The van der Waals surface area contributed by atoms with Crippen LogP contribution in [0.3, 0.4) is 0 Å². The molecular formula is C8H7Cl2F. The maximum atomic E-state index is 12.7. The van der Waals surface area contributed by atoms with Crippen molar-refractivity contribution < 1.29 is 4.39 Å². The second-order valence-electron chi connectivity index (χ2n) is 2.21. The van der Waals surface area contributed by atoms with Gasteiger partial charge < -0.3 is 0 Å². The van der Waals surface area contributed by atoms with Gasteiger partial charge in [0.05, 0.1) is 10.0 Å². The average molecular weight is 193 g/mol. The number of hydrogen-bond donors (Lipinski definition) is 0. The standard InChI is InChI=1S/C8H7Cl2F/c1-2-5-3-6(11)4-7(9)8(5)10/h3-4H,2H2,1H3. The fraction of sp³-hybridized carbons (Fsp3) is 0.250. The summed E-state index contributed by atoms with van der Waals surface area (Å²) in [6.45, 7) is 1.90. The highest BCUT2D eigenvalue weighted by Gasteiger charge is 2.04. The van der Waals surface area contributed by atoms with E-state index in [1.54, 1.807) is 0 Å². The van der Waals surface area contributed by atoms with Crippen molar-refractivity contribution >= 4 is 23.2 Å². The minimum absolute atomic E-state index is 0.281. The first-order chi connectivity index (χ1) is 5.15. The van der Waals surface area contributed by atoms with Crippen LogP contribution in [0.4, 0.5) is 4.39 Å². The third-order valence-corrected chi connectivity index (χ3v) is 2.29. The van der Waals surface area contributed by atoms with Crippen LogP contribution in [0.1, 0.15) is 12.5 Å². The summed E-state index contributed by atoms with van der Waals surface area (Å²) in [5.41, 5.74) is 0.747. The summed E-state index contributed by atoms with van der Waals surface area (Å²) in [6, 6.07) is 2.61. The van der Waals surface area contributed by atoms with Gasteiger partial charge in [0.25, 0.3) is 0 Å². The van der Waals surface area contributed by atoms with E-state index in [-0.39, 0.29) is 10.8 Å². The fourth-order valence-corrected chi connectivity index (χ4v) is 1.33. The molecule has 0 radical (unpaired) electrons. The highest BCUT2D eigenvalue weighted by molar-refractivity contribution is 6.42.